The van der Waals surface area contributed by atoms with E-state index in [2.05, 4.69) is 5.32 Å². The van der Waals surface area contributed by atoms with Gasteiger partial charge in [0.25, 0.3) is 0 Å². The molecule has 0 aromatic rings. The number of aliphatic carboxylic acids is 1. The van der Waals surface area contributed by atoms with E-state index in [1.807, 2.05) is 0 Å². The summed E-state index contributed by atoms with van der Waals surface area (Å²) in [4.78, 5) is 42.1. The van der Waals surface area contributed by atoms with Crippen molar-refractivity contribution >= 4 is 11.9 Å². The summed E-state index contributed by atoms with van der Waals surface area (Å²) in [7, 11) is 0. The highest BCUT2D eigenvalue weighted by Crippen LogP contribution is 2.28. The van der Waals surface area contributed by atoms with Crippen LogP contribution in [0.2, 0.25) is 0 Å². The van der Waals surface area contributed by atoms with Crippen LogP contribution in [0, 0.1) is 26.1 Å². The van der Waals surface area contributed by atoms with Gasteiger partial charge in [-0.25, -0.2) is 0 Å². The van der Waals surface area contributed by atoms with Crippen molar-refractivity contribution in [1.82, 2.24) is 5.32 Å². The first kappa shape index (κ1) is 14.8. The monoisotopic (exact) mass is 275 g/mol. The van der Waals surface area contributed by atoms with Crippen LogP contribution in [0.25, 0.3) is 0 Å². The third-order valence-corrected chi connectivity index (χ3v) is 3.04. The summed E-state index contributed by atoms with van der Waals surface area (Å²) in [5, 5.41) is 31.9. The molecule has 0 spiro atoms. The number of hydrogen-bond donors (Lipinski definition) is 2. The van der Waals surface area contributed by atoms with Crippen LogP contribution < -0.4 is 5.32 Å². The fourth-order valence-electron chi connectivity index (χ4n) is 2.12. The molecule has 0 heterocycles. The summed E-state index contributed by atoms with van der Waals surface area (Å²) in [6.45, 7) is -0.610. The fourth-order valence-corrected chi connectivity index (χ4v) is 2.12. The Balaban J connectivity index is 2.70. The fraction of sp³-hybridized carbons (Fsp3) is 0.778. The van der Waals surface area contributed by atoms with E-state index in [1.165, 1.54) is 0 Å². The van der Waals surface area contributed by atoms with Gasteiger partial charge in [0.1, 0.15) is 6.54 Å². The highest BCUT2D eigenvalue weighted by Gasteiger charge is 2.43. The largest absolute Gasteiger partial charge is 0.480 e. The van der Waals surface area contributed by atoms with E-state index in [4.69, 9.17) is 5.11 Å². The maximum atomic E-state index is 11.6. The molecule has 1 rings (SSSR count). The molecule has 2 atom stereocenters. The Hall–Kier alpha value is -2.26. The molecule has 2 N–H and O–H groups in total. The normalized spacial score (nSPS) is 26.4. The summed E-state index contributed by atoms with van der Waals surface area (Å²) in [5.41, 5.74) is 0. The number of nitrogens with zero attached hydrogens (tertiary/aromatic N) is 2. The maximum absolute atomic E-state index is 11.6. The Morgan fingerprint density at radius 1 is 1.11 bits per heavy atom. The number of carbonyl (C=O) groups excluding carboxylic acids is 1. The molecule has 106 valence electrons. The summed E-state index contributed by atoms with van der Waals surface area (Å²) in [6, 6.07) is -2.30. The molecule has 1 fully saturated rings. The van der Waals surface area contributed by atoms with E-state index in [9.17, 15) is 29.8 Å². The van der Waals surface area contributed by atoms with Crippen molar-refractivity contribution < 1.29 is 24.5 Å². The first-order valence-corrected chi connectivity index (χ1v) is 5.57. The molecule has 10 heteroatoms. The lowest BCUT2D eigenvalue weighted by Crippen LogP contribution is -2.45. The maximum Gasteiger partial charge on any atom is 0.322 e. The van der Waals surface area contributed by atoms with E-state index in [0.29, 0.717) is 0 Å². The second kappa shape index (κ2) is 6.07. The zero-order valence-corrected chi connectivity index (χ0v) is 9.85. The second-order valence-electron chi connectivity index (χ2n) is 4.39. The van der Waals surface area contributed by atoms with E-state index >= 15 is 0 Å². The van der Waals surface area contributed by atoms with Gasteiger partial charge in [0.15, 0.2) is 0 Å². The zero-order valence-electron chi connectivity index (χ0n) is 9.85. The molecular weight excluding hydrogens is 262 g/mol. The number of hydrogen-bond acceptors (Lipinski definition) is 6. The van der Waals surface area contributed by atoms with Gasteiger partial charge in [0, 0.05) is 22.7 Å². The van der Waals surface area contributed by atoms with E-state index in [1.54, 1.807) is 0 Å². The number of carboxylic acids is 1. The Labute approximate surface area is 107 Å². The zero-order chi connectivity index (χ0) is 14.6. The summed E-state index contributed by atoms with van der Waals surface area (Å²) in [5.74, 6) is -2.85. The lowest BCUT2D eigenvalue weighted by molar-refractivity contribution is -0.569. The van der Waals surface area contributed by atoms with Crippen molar-refractivity contribution in [1.29, 1.82) is 0 Å². The van der Waals surface area contributed by atoms with Gasteiger partial charge in [0.2, 0.25) is 18.0 Å². The number of carbonyl (C=O) groups is 2. The average Bonchev–Trinajstić information content (AvgIpc) is 2.35. The molecule has 1 saturated carbocycles. The van der Waals surface area contributed by atoms with Crippen LogP contribution >= 0.6 is 0 Å². The van der Waals surface area contributed by atoms with Gasteiger partial charge in [-0.15, -0.1) is 0 Å². The van der Waals surface area contributed by atoms with Gasteiger partial charge in [0.05, 0.1) is 12.3 Å². The highest BCUT2D eigenvalue weighted by molar-refractivity contribution is 5.83. The topological polar surface area (TPSA) is 153 Å². The Kier molecular flexibility index (Phi) is 4.73. The molecule has 0 aromatic carbocycles. The first-order chi connectivity index (χ1) is 8.81. The van der Waals surface area contributed by atoms with E-state index in [0.717, 1.165) is 0 Å². The van der Waals surface area contributed by atoms with Crippen molar-refractivity contribution in [2.24, 2.45) is 5.92 Å². The minimum atomic E-state index is -1.25. The standard InChI is InChI=1S/C9H13N3O7/c13-8(14)4-10-9(15)5-1-6(11(16)17)3-7(2-5)12(18)19/h5-7H,1-4H2,(H,10,15)(H,13,14). The van der Waals surface area contributed by atoms with Crippen molar-refractivity contribution in [3.63, 3.8) is 0 Å². The summed E-state index contributed by atoms with van der Waals surface area (Å²) >= 11 is 0. The molecular formula is C9H13N3O7. The predicted molar refractivity (Wildman–Crippen MR) is 59.6 cm³/mol. The Bertz CT molecular complexity index is 389. The highest BCUT2D eigenvalue weighted by atomic mass is 16.6. The van der Waals surface area contributed by atoms with E-state index in [-0.39, 0.29) is 19.3 Å². The molecule has 0 bridgehead atoms. The predicted octanol–water partition coefficient (Wildman–Crippen LogP) is -0.722. The van der Waals surface area contributed by atoms with Crippen molar-refractivity contribution in [2.75, 3.05) is 6.54 Å². The number of nitro groups is 2. The van der Waals surface area contributed by atoms with Crippen LogP contribution in [0.15, 0.2) is 0 Å². The number of carboxylic acid groups (broad SMARTS) is 1. The Morgan fingerprint density at radius 2 is 1.58 bits per heavy atom. The minimum absolute atomic E-state index is 0.108. The van der Waals surface area contributed by atoms with Crippen molar-refractivity contribution in [2.45, 2.75) is 31.3 Å². The molecule has 1 aliphatic carbocycles. The third kappa shape index (κ3) is 4.16. The van der Waals surface area contributed by atoms with Gasteiger partial charge < -0.3 is 10.4 Å². The summed E-state index contributed by atoms with van der Waals surface area (Å²) < 4.78 is 0. The second-order valence-corrected chi connectivity index (χ2v) is 4.39. The summed E-state index contributed by atoms with van der Waals surface area (Å²) in [6.07, 6.45) is -0.422. The van der Waals surface area contributed by atoms with Gasteiger partial charge in [-0.05, 0) is 0 Å². The Morgan fingerprint density at radius 3 is 1.95 bits per heavy atom. The van der Waals surface area contributed by atoms with E-state index < -0.39 is 46.3 Å². The molecule has 2 unspecified atom stereocenters. The molecule has 0 saturated heterocycles. The average molecular weight is 275 g/mol. The van der Waals surface area contributed by atoms with Gasteiger partial charge in [-0.1, -0.05) is 0 Å². The van der Waals surface area contributed by atoms with Crippen LogP contribution in [-0.2, 0) is 9.59 Å². The third-order valence-electron chi connectivity index (χ3n) is 3.04. The minimum Gasteiger partial charge on any atom is -0.480 e. The molecule has 0 radical (unpaired) electrons. The van der Waals surface area contributed by atoms with Crippen LogP contribution in [0.4, 0.5) is 0 Å². The molecule has 0 aromatic heterocycles. The lowest BCUT2D eigenvalue weighted by Gasteiger charge is -2.25. The van der Waals surface area contributed by atoms with Crippen LogP contribution in [0.3, 0.4) is 0 Å². The van der Waals surface area contributed by atoms with Crippen molar-refractivity contribution in [3.8, 4) is 0 Å². The number of amides is 1. The molecule has 10 nitrogen and oxygen atoms in total. The molecule has 1 amide bonds. The first-order valence-electron chi connectivity index (χ1n) is 5.57. The smallest absolute Gasteiger partial charge is 0.322 e. The molecule has 0 aliphatic heterocycles. The van der Waals surface area contributed by atoms with Gasteiger partial charge in [-0.3, -0.25) is 29.8 Å². The quantitative estimate of drug-likeness (QED) is 0.495. The van der Waals surface area contributed by atoms with Crippen LogP contribution in [-0.4, -0.2) is 45.5 Å². The number of rotatable bonds is 5. The van der Waals surface area contributed by atoms with Crippen LogP contribution in [0.5, 0.6) is 0 Å². The van der Waals surface area contributed by atoms with Crippen LogP contribution in [0.1, 0.15) is 19.3 Å². The van der Waals surface area contributed by atoms with Gasteiger partial charge >= 0.3 is 5.97 Å². The lowest BCUT2D eigenvalue weighted by atomic mass is 9.82. The molecule has 19 heavy (non-hydrogen) atoms. The number of nitrogens with one attached hydrogen (secondary N) is 1. The van der Waals surface area contributed by atoms with Gasteiger partial charge in [-0.2, -0.15) is 0 Å². The van der Waals surface area contributed by atoms with Crippen molar-refractivity contribution in [3.05, 3.63) is 20.2 Å². The SMILES string of the molecule is O=C(O)CNC(=O)C1CC([N+](=O)[O-])CC([N+](=O)[O-])C1. The molecule has 1 aliphatic rings.